The maximum atomic E-state index is 12.8. The largest absolute Gasteiger partial charge is 0.481 e. The van der Waals surface area contributed by atoms with E-state index in [2.05, 4.69) is 9.88 Å². The van der Waals surface area contributed by atoms with Crippen LogP contribution < -0.4 is 4.74 Å². The number of methoxy groups -OCH3 is 1. The lowest BCUT2D eigenvalue weighted by molar-refractivity contribution is 0.0731. The molecule has 0 spiro atoms. The molecule has 0 bridgehead atoms. The van der Waals surface area contributed by atoms with Gasteiger partial charge in [-0.05, 0) is 25.7 Å². The van der Waals surface area contributed by atoms with E-state index in [9.17, 15) is 4.79 Å². The number of pyridine rings is 1. The molecule has 1 aromatic heterocycles. The van der Waals surface area contributed by atoms with E-state index in [1.165, 1.54) is 0 Å². The van der Waals surface area contributed by atoms with Crippen LogP contribution in [0, 0.1) is 0 Å². The highest BCUT2D eigenvalue weighted by atomic mass is 16.5. The summed E-state index contributed by atoms with van der Waals surface area (Å²) in [4.78, 5) is 20.8. The number of hydrogen-bond acceptors (Lipinski definition) is 4. The van der Waals surface area contributed by atoms with E-state index in [0.717, 1.165) is 12.1 Å². The maximum Gasteiger partial charge on any atom is 0.255 e. The molecule has 0 radical (unpaired) electrons. The van der Waals surface area contributed by atoms with Crippen molar-refractivity contribution in [2.45, 2.75) is 6.54 Å². The number of ether oxygens (including phenoxy) is 1. The van der Waals surface area contributed by atoms with Crippen LogP contribution in [0.4, 0.5) is 0 Å². The lowest BCUT2D eigenvalue weighted by atomic mass is 10.2. The molecule has 5 nitrogen and oxygen atoms in total. The molecule has 0 fully saturated rings. The predicted molar refractivity (Wildman–Crippen MR) is 90.5 cm³/mol. The average molecular weight is 313 g/mol. The zero-order chi connectivity index (χ0) is 16.7. The monoisotopic (exact) mass is 313 g/mol. The summed E-state index contributed by atoms with van der Waals surface area (Å²) in [6.45, 7) is 2.05. The molecule has 5 heteroatoms. The van der Waals surface area contributed by atoms with Crippen molar-refractivity contribution in [3.05, 3.63) is 59.8 Å². The minimum absolute atomic E-state index is 0.0224. The summed E-state index contributed by atoms with van der Waals surface area (Å²) >= 11 is 0. The van der Waals surface area contributed by atoms with E-state index in [1.54, 1.807) is 25.4 Å². The van der Waals surface area contributed by atoms with E-state index < -0.39 is 0 Å². The van der Waals surface area contributed by atoms with Crippen molar-refractivity contribution in [3.63, 3.8) is 0 Å². The summed E-state index contributed by atoms with van der Waals surface area (Å²) < 4.78 is 5.04. The minimum atomic E-state index is -0.0224. The molecule has 2 aromatic rings. The van der Waals surface area contributed by atoms with Gasteiger partial charge in [-0.2, -0.15) is 0 Å². The number of nitrogens with zero attached hydrogens (tertiary/aromatic N) is 3. The Hall–Kier alpha value is -2.40. The molecule has 0 unspecified atom stereocenters. The second-order valence-corrected chi connectivity index (χ2v) is 5.60. The molecular formula is C18H23N3O2. The molecule has 1 amide bonds. The molecule has 2 rings (SSSR count). The zero-order valence-corrected chi connectivity index (χ0v) is 13.9. The van der Waals surface area contributed by atoms with Crippen LogP contribution in [-0.4, -0.2) is 55.0 Å². The lowest BCUT2D eigenvalue weighted by Gasteiger charge is -2.24. The molecule has 23 heavy (non-hydrogen) atoms. The molecule has 0 saturated heterocycles. The van der Waals surface area contributed by atoms with Crippen molar-refractivity contribution in [1.29, 1.82) is 0 Å². The maximum absolute atomic E-state index is 12.8. The third-order valence-corrected chi connectivity index (χ3v) is 3.51. The number of benzene rings is 1. The van der Waals surface area contributed by atoms with E-state index in [-0.39, 0.29) is 5.91 Å². The Labute approximate surface area is 137 Å². The van der Waals surface area contributed by atoms with Crippen molar-refractivity contribution < 1.29 is 9.53 Å². The van der Waals surface area contributed by atoms with Gasteiger partial charge in [-0.3, -0.25) is 4.79 Å². The number of hydrogen-bond donors (Lipinski definition) is 0. The van der Waals surface area contributed by atoms with Gasteiger partial charge in [0.1, 0.15) is 0 Å². The van der Waals surface area contributed by atoms with Crippen LogP contribution in [0.3, 0.4) is 0 Å². The van der Waals surface area contributed by atoms with E-state index in [4.69, 9.17) is 4.74 Å². The third kappa shape index (κ3) is 5.07. The zero-order valence-electron chi connectivity index (χ0n) is 13.9. The number of carbonyl (C=O) groups is 1. The fourth-order valence-electron chi connectivity index (χ4n) is 2.19. The second-order valence-electron chi connectivity index (χ2n) is 5.60. The van der Waals surface area contributed by atoms with Gasteiger partial charge in [0, 0.05) is 31.9 Å². The molecule has 0 saturated carbocycles. The molecule has 0 N–H and O–H groups in total. The summed E-state index contributed by atoms with van der Waals surface area (Å²) in [5.41, 5.74) is 1.68. The fourth-order valence-corrected chi connectivity index (χ4v) is 2.19. The van der Waals surface area contributed by atoms with Gasteiger partial charge in [0.2, 0.25) is 5.88 Å². The van der Waals surface area contributed by atoms with Crippen molar-refractivity contribution in [3.8, 4) is 5.88 Å². The number of carbonyl (C=O) groups excluding carboxylic acids is 1. The highest BCUT2D eigenvalue weighted by Gasteiger charge is 2.17. The highest BCUT2D eigenvalue weighted by molar-refractivity contribution is 5.94. The van der Waals surface area contributed by atoms with Crippen LogP contribution >= 0.6 is 0 Å². The molecule has 0 aliphatic carbocycles. The first-order valence-electron chi connectivity index (χ1n) is 7.58. The highest BCUT2D eigenvalue weighted by Crippen LogP contribution is 2.12. The van der Waals surface area contributed by atoms with Gasteiger partial charge in [0.15, 0.2) is 0 Å². The summed E-state index contributed by atoms with van der Waals surface area (Å²) in [5, 5.41) is 0. The van der Waals surface area contributed by atoms with Gasteiger partial charge >= 0.3 is 0 Å². The number of amides is 1. The summed E-state index contributed by atoms with van der Waals surface area (Å²) in [5.74, 6) is 0.482. The van der Waals surface area contributed by atoms with Gasteiger partial charge < -0.3 is 14.5 Å². The lowest BCUT2D eigenvalue weighted by Crippen LogP contribution is -2.36. The first-order valence-corrected chi connectivity index (χ1v) is 7.58. The summed E-state index contributed by atoms with van der Waals surface area (Å²) in [6.07, 6.45) is 1.56. The van der Waals surface area contributed by atoms with Crippen LogP contribution in [0.25, 0.3) is 0 Å². The molecule has 0 aliphatic heterocycles. The Morgan fingerprint density at radius 3 is 2.39 bits per heavy atom. The van der Waals surface area contributed by atoms with Gasteiger partial charge in [0.25, 0.3) is 5.91 Å². The Bertz CT molecular complexity index is 612. The van der Waals surface area contributed by atoms with Crippen molar-refractivity contribution in [2.24, 2.45) is 0 Å². The minimum Gasteiger partial charge on any atom is -0.481 e. The molecule has 122 valence electrons. The molecule has 1 heterocycles. The Morgan fingerprint density at radius 2 is 1.83 bits per heavy atom. The number of likely N-dealkylation sites (N-methyl/N-ethyl adjacent to an activating group) is 1. The summed E-state index contributed by atoms with van der Waals surface area (Å²) in [7, 11) is 5.56. The van der Waals surface area contributed by atoms with Gasteiger partial charge in [-0.1, -0.05) is 30.3 Å². The smallest absolute Gasteiger partial charge is 0.255 e. The SMILES string of the molecule is COc1ccc(C(=O)N(CCN(C)C)Cc2ccccc2)cn1. The molecular weight excluding hydrogens is 290 g/mol. The van der Waals surface area contributed by atoms with Crippen LogP contribution in [0.2, 0.25) is 0 Å². The average Bonchev–Trinajstić information content (AvgIpc) is 2.59. The second kappa shape index (κ2) is 8.29. The van der Waals surface area contributed by atoms with Crippen molar-refractivity contribution in [1.82, 2.24) is 14.8 Å². The van der Waals surface area contributed by atoms with Crippen LogP contribution in [-0.2, 0) is 6.54 Å². The van der Waals surface area contributed by atoms with Gasteiger partial charge in [0.05, 0.1) is 12.7 Å². The Kier molecular flexibility index (Phi) is 6.11. The third-order valence-electron chi connectivity index (χ3n) is 3.51. The summed E-state index contributed by atoms with van der Waals surface area (Å²) in [6, 6.07) is 13.5. The Balaban J connectivity index is 2.15. The van der Waals surface area contributed by atoms with E-state index in [1.807, 2.05) is 49.3 Å². The molecule has 0 aliphatic rings. The quantitative estimate of drug-likeness (QED) is 0.787. The standard InChI is InChI=1S/C18H23N3O2/c1-20(2)11-12-21(14-15-7-5-4-6-8-15)18(22)16-9-10-17(23-3)19-13-16/h4-10,13H,11-12,14H2,1-3H3. The normalized spacial score (nSPS) is 10.6. The van der Waals surface area contributed by atoms with Crippen molar-refractivity contribution in [2.75, 3.05) is 34.3 Å². The van der Waals surface area contributed by atoms with Gasteiger partial charge in [-0.25, -0.2) is 4.98 Å². The van der Waals surface area contributed by atoms with E-state index in [0.29, 0.717) is 24.5 Å². The molecule has 0 atom stereocenters. The Morgan fingerprint density at radius 1 is 1.09 bits per heavy atom. The predicted octanol–water partition coefficient (Wildman–Crippen LogP) is 2.29. The number of aromatic nitrogens is 1. The van der Waals surface area contributed by atoms with Crippen molar-refractivity contribution >= 4 is 5.91 Å². The van der Waals surface area contributed by atoms with Crippen LogP contribution in [0.15, 0.2) is 48.7 Å². The number of rotatable bonds is 7. The van der Waals surface area contributed by atoms with Gasteiger partial charge in [-0.15, -0.1) is 0 Å². The van der Waals surface area contributed by atoms with Crippen LogP contribution in [0.1, 0.15) is 15.9 Å². The van der Waals surface area contributed by atoms with Crippen LogP contribution in [0.5, 0.6) is 5.88 Å². The molecule has 1 aromatic carbocycles. The first kappa shape index (κ1) is 17.0. The topological polar surface area (TPSA) is 45.7 Å². The van der Waals surface area contributed by atoms with E-state index >= 15 is 0 Å². The fraction of sp³-hybridized carbons (Fsp3) is 0.333. The first-order chi connectivity index (χ1) is 11.1.